The number of carbonyl (C=O) groups is 2. The molecule has 9 heteroatoms. The van der Waals surface area contributed by atoms with E-state index in [2.05, 4.69) is 12.2 Å². The van der Waals surface area contributed by atoms with Crippen molar-refractivity contribution < 1.29 is 18.0 Å². The van der Waals surface area contributed by atoms with Gasteiger partial charge in [0.1, 0.15) is 6.04 Å². The monoisotopic (exact) mass is 453 g/mol. The fourth-order valence-corrected chi connectivity index (χ4v) is 6.42. The summed E-state index contributed by atoms with van der Waals surface area (Å²) in [7, 11) is -3.53. The van der Waals surface area contributed by atoms with Crippen LogP contribution in [-0.4, -0.2) is 61.7 Å². The summed E-state index contributed by atoms with van der Waals surface area (Å²) in [4.78, 5) is 26.8. The fraction of sp³-hybridized carbons (Fsp3) is 0.619. The normalized spacial score (nSPS) is 19.1. The Morgan fingerprint density at radius 3 is 2.60 bits per heavy atom. The molecule has 1 atom stereocenters. The van der Waals surface area contributed by atoms with Crippen LogP contribution in [-0.2, 0) is 26.0 Å². The number of benzene rings is 1. The zero-order valence-electron chi connectivity index (χ0n) is 17.7. The number of thioether (sulfide) groups is 1. The lowest BCUT2D eigenvalue weighted by atomic mass is 10.1. The molecule has 2 aliphatic heterocycles. The van der Waals surface area contributed by atoms with Gasteiger partial charge in [-0.2, -0.15) is 16.1 Å². The van der Waals surface area contributed by atoms with E-state index in [4.69, 9.17) is 0 Å². The van der Waals surface area contributed by atoms with Gasteiger partial charge in [0.15, 0.2) is 0 Å². The summed E-state index contributed by atoms with van der Waals surface area (Å²) in [6.07, 6.45) is 4.10. The van der Waals surface area contributed by atoms with Gasteiger partial charge in [0.05, 0.1) is 4.90 Å². The van der Waals surface area contributed by atoms with E-state index in [-0.39, 0.29) is 16.7 Å². The molecule has 2 aliphatic rings. The van der Waals surface area contributed by atoms with E-state index in [0.717, 1.165) is 42.8 Å². The van der Waals surface area contributed by atoms with Crippen LogP contribution < -0.4 is 10.2 Å². The molecule has 1 aromatic carbocycles. The average Bonchev–Trinajstić information content (AvgIpc) is 3.38. The second kappa shape index (κ2) is 10.2. The molecule has 0 aromatic heterocycles. The first-order chi connectivity index (χ1) is 14.4. The number of nitrogens with one attached hydrogen (secondary N) is 1. The van der Waals surface area contributed by atoms with Crippen LogP contribution in [0.25, 0.3) is 0 Å². The van der Waals surface area contributed by atoms with E-state index in [1.807, 2.05) is 11.8 Å². The van der Waals surface area contributed by atoms with Crippen LogP contribution in [0, 0.1) is 0 Å². The van der Waals surface area contributed by atoms with Gasteiger partial charge in [-0.3, -0.25) is 14.5 Å². The number of rotatable bonds is 9. The number of fused-ring (bicyclic) bond motifs is 1. The summed E-state index contributed by atoms with van der Waals surface area (Å²) in [5.41, 5.74) is 1.35. The minimum Gasteiger partial charge on any atom is -0.354 e. The number of anilines is 1. The number of amides is 2. The first-order valence-corrected chi connectivity index (χ1v) is 13.2. The van der Waals surface area contributed by atoms with Crippen LogP contribution in [0.1, 0.15) is 45.1 Å². The summed E-state index contributed by atoms with van der Waals surface area (Å²) >= 11 is 1.87. The molecule has 7 nitrogen and oxygen atoms in total. The van der Waals surface area contributed by atoms with Gasteiger partial charge >= 0.3 is 0 Å². The van der Waals surface area contributed by atoms with Gasteiger partial charge in [-0.05, 0) is 61.0 Å². The summed E-state index contributed by atoms with van der Waals surface area (Å²) in [6, 6.07) is 4.21. The van der Waals surface area contributed by atoms with Crippen molar-refractivity contribution in [2.24, 2.45) is 0 Å². The van der Waals surface area contributed by atoms with Crippen LogP contribution in [0.3, 0.4) is 0 Å². The van der Waals surface area contributed by atoms with Crippen molar-refractivity contribution in [2.45, 2.75) is 56.9 Å². The highest BCUT2D eigenvalue weighted by Gasteiger charge is 2.38. The Morgan fingerprint density at radius 2 is 1.93 bits per heavy atom. The molecule has 166 valence electrons. The molecule has 0 spiro atoms. The Bertz CT molecular complexity index is 882. The molecule has 2 heterocycles. The molecular formula is C21H31N3O4S2. The lowest BCUT2D eigenvalue weighted by molar-refractivity contribution is -0.125. The second-order valence-electron chi connectivity index (χ2n) is 7.77. The third-order valence-electron chi connectivity index (χ3n) is 5.49. The van der Waals surface area contributed by atoms with Crippen molar-refractivity contribution in [1.29, 1.82) is 0 Å². The van der Waals surface area contributed by atoms with Crippen molar-refractivity contribution in [2.75, 3.05) is 36.0 Å². The van der Waals surface area contributed by atoms with Gasteiger partial charge in [-0.25, -0.2) is 8.42 Å². The molecule has 0 aliphatic carbocycles. The highest BCUT2D eigenvalue weighted by Crippen LogP contribution is 2.35. The zero-order valence-corrected chi connectivity index (χ0v) is 19.4. The Kier molecular flexibility index (Phi) is 7.81. The first-order valence-electron chi connectivity index (χ1n) is 10.6. The summed E-state index contributed by atoms with van der Waals surface area (Å²) in [6.45, 7) is 5.24. The molecule has 1 N–H and O–H groups in total. The smallest absolute Gasteiger partial charge is 0.243 e. The van der Waals surface area contributed by atoms with Crippen LogP contribution in [0.2, 0.25) is 0 Å². The van der Waals surface area contributed by atoms with Gasteiger partial charge in [-0.15, -0.1) is 0 Å². The van der Waals surface area contributed by atoms with Crippen LogP contribution in [0.4, 0.5) is 5.69 Å². The van der Waals surface area contributed by atoms with Gasteiger partial charge in [-0.1, -0.05) is 6.92 Å². The van der Waals surface area contributed by atoms with Crippen LogP contribution in [0.15, 0.2) is 23.1 Å². The summed E-state index contributed by atoms with van der Waals surface area (Å²) < 4.78 is 27.3. The van der Waals surface area contributed by atoms with E-state index in [1.54, 1.807) is 18.2 Å². The predicted molar refractivity (Wildman–Crippen MR) is 120 cm³/mol. The predicted octanol–water partition coefficient (Wildman–Crippen LogP) is 2.40. The van der Waals surface area contributed by atoms with Crippen LogP contribution >= 0.6 is 11.8 Å². The molecular weight excluding hydrogens is 422 g/mol. The maximum Gasteiger partial charge on any atom is 0.243 e. The molecule has 0 bridgehead atoms. The highest BCUT2D eigenvalue weighted by atomic mass is 32.2. The average molecular weight is 454 g/mol. The maximum atomic E-state index is 12.9. The van der Waals surface area contributed by atoms with Gasteiger partial charge in [0, 0.05) is 38.7 Å². The van der Waals surface area contributed by atoms with Crippen molar-refractivity contribution in [3.63, 3.8) is 0 Å². The Morgan fingerprint density at radius 1 is 1.20 bits per heavy atom. The molecule has 30 heavy (non-hydrogen) atoms. The highest BCUT2D eigenvalue weighted by molar-refractivity contribution is 7.99. The second-order valence-corrected chi connectivity index (χ2v) is 10.9. The van der Waals surface area contributed by atoms with E-state index in [9.17, 15) is 18.0 Å². The zero-order chi connectivity index (χ0) is 21.7. The largest absolute Gasteiger partial charge is 0.354 e. The minimum atomic E-state index is -3.53. The Balaban J connectivity index is 1.71. The summed E-state index contributed by atoms with van der Waals surface area (Å²) in [5.74, 6) is 1.70. The number of sulfonamides is 1. The topological polar surface area (TPSA) is 86.8 Å². The van der Waals surface area contributed by atoms with Gasteiger partial charge in [0.25, 0.3) is 0 Å². The van der Waals surface area contributed by atoms with E-state index in [0.29, 0.717) is 31.7 Å². The van der Waals surface area contributed by atoms with E-state index in [1.165, 1.54) is 16.1 Å². The fourth-order valence-electron chi connectivity index (χ4n) is 4.01. The van der Waals surface area contributed by atoms with Crippen molar-refractivity contribution >= 4 is 39.3 Å². The van der Waals surface area contributed by atoms with Gasteiger partial charge < -0.3 is 5.32 Å². The number of hydrogen-bond donors (Lipinski definition) is 1. The molecule has 1 saturated heterocycles. The summed E-state index contributed by atoms with van der Waals surface area (Å²) in [5, 5.41) is 2.94. The van der Waals surface area contributed by atoms with Gasteiger partial charge in [0.2, 0.25) is 21.8 Å². The molecule has 1 fully saturated rings. The molecule has 0 radical (unpaired) electrons. The molecule has 1 aromatic rings. The van der Waals surface area contributed by atoms with Crippen LogP contribution in [0.5, 0.6) is 0 Å². The third-order valence-corrected chi connectivity index (χ3v) is 8.66. The Labute approximate surface area is 183 Å². The molecule has 0 saturated carbocycles. The standard InChI is InChI=1S/C21H31N3O4S2/c1-3-12-29-13-6-9-22-21(26)20-15-17-14-18(7-8-19(17)24(20)16(2)25)30(27,28)23-10-4-5-11-23/h7-8,14,20H,3-6,9-13,15H2,1-2H3,(H,22,26). The van der Waals surface area contributed by atoms with E-state index < -0.39 is 16.1 Å². The number of carbonyl (C=O) groups excluding carboxylic acids is 2. The number of hydrogen-bond acceptors (Lipinski definition) is 5. The lowest BCUT2D eigenvalue weighted by Gasteiger charge is -2.23. The molecule has 3 rings (SSSR count). The minimum absolute atomic E-state index is 0.189. The molecule has 1 unspecified atom stereocenters. The first kappa shape index (κ1) is 23.1. The molecule has 2 amide bonds. The maximum absolute atomic E-state index is 12.9. The number of nitrogens with zero attached hydrogens (tertiary/aromatic N) is 2. The Hall–Kier alpha value is -1.58. The lowest BCUT2D eigenvalue weighted by Crippen LogP contribution is -2.47. The third kappa shape index (κ3) is 5.00. The van der Waals surface area contributed by atoms with Crippen molar-refractivity contribution in [3.05, 3.63) is 23.8 Å². The quantitative estimate of drug-likeness (QED) is 0.580. The van der Waals surface area contributed by atoms with Crippen molar-refractivity contribution in [1.82, 2.24) is 9.62 Å². The SMILES string of the molecule is CCCSCCCNC(=O)C1Cc2cc(S(=O)(=O)N3CCCC3)ccc2N1C(C)=O. The van der Waals surface area contributed by atoms with Crippen molar-refractivity contribution in [3.8, 4) is 0 Å². The van der Waals surface area contributed by atoms with E-state index >= 15 is 0 Å².